The van der Waals surface area contributed by atoms with Crippen LogP contribution < -0.4 is 10.6 Å². The van der Waals surface area contributed by atoms with Crippen molar-refractivity contribution in [3.63, 3.8) is 0 Å². The van der Waals surface area contributed by atoms with Crippen LogP contribution in [0.3, 0.4) is 0 Å². The molecular weight excluding hydrogens is 379 g/mol. The minimum Gasteiger partial charge on any atom is -0.354 e. The van der Waals surface area contributed by atoms with E-state index in [0.29, 0.717) is 38.4 Å². The van der Waals surface area contributed by atoms with E-state index in [0.717, 1.165) is 4.70 Å². The van der Waals surface area contributed by atoms with E-state index in [9.17, 15) is 9.59 Å². The minimum absolute atomic E-state index is 0.0550. The first-order chi connectivity index (χ1) is 10.8. The number of halogens is 3. The van der Waals surface area contributed by atoms with Gasteiger partial charge in [-0.15, -0.1) is 11.3 Å². The van der Waals surface area contributed by atoms with Crippen molar-refractivity contribution in [2.45, 2.75) is 13.8 Å². The zero-order chi connectivity index (χ0) is 17.1. The molecule has 0 atom stereocenters. The first kappa shape index (κ1) is 18.3. The number of amides is 2. The van der Waals surface area contributed by atoms with E-state index in [2.05, 4.69) is 10.6 Å². The predicted molar refractivity (Wildman–Crippen MR) is 97.0 cm³/mol. The Kier molecular flexibility index (Phi) is 6.14. The number of fused-ring (bicyclic) bond motifs is 1. The first-order valence-electron chi connectivity index (χ1n) is 6.94. The highest BCUT2D eigenvalue weighted by atomic mass is 35.5. The van der Waals surface area contributed by atoms with Crippen molar-refractivity contribution in [2.75, 3.05) is 13.1 Å². The first-order valence-corrected chi connectivity index (χ1v) is 8.89. The zero-order valence-corrected chi connectivity index (χ0v) is 15.6. The summed E-state index contributed by atoms with van der Waals surface area (Å²) in [6, 6.07) is 3.31. The fourth-order valence-electron chi connectivity index (χ4n) is 1.90. The van der Waals surface area contributed by atoms with Crippen molar-refractivity contribution in [3.8, 4) is 0 Å². The predicted octanol–water partition coefficient (Wildman–Crippen LogP) is 4.36. The molecule has 0 bridgehead atoms. The maximum atomic E-state index is 12.2. The average molecular weight is 394 g/mol. The second kappa shape index (κ2) is 7.71. The van der Waals surface area contributed by atoms with Gasteiger partial charge >= 0.3 is 0 Å². The molecular formula is C15H15Cl3N2O2S. The third-order valence-electron chi connectivity index (χ3n) is 3.09. The highest BCUT2D eigenvalue weighted by Crippen LogP contribution is 2.41. The van der Waals surface area contributed by atoms with E-state index in [1.807, 2.05) is 0 Å². The van der Waals surface area contributed by atoms with Crippen LogP contribution in [-0.2, 0) is 4.79 Å². The van der Waals surface area contributed by atoms with Gasteiger partial charge < -0.3 is 10.6 Å². The molecule has 4 nitrogen and oxygen atoms in total. The second-order valence-electron chi connectivity index (χ2n) is 5.21. The average Bonchev–Trinajstić information content (AvgIpc) is 2.79. The molecule has 1 aromatic heterocycles. The van der Waals surface area contributed by atoms with Crippen molar-refractivity contribution in [1.29, 1.82) is 0 Å². The van der Waals surface area contributed by atoms with E-state index >= 15 is 0 Å². The highest BCUT2D eigenvalue weighted by Gasteiger charge is 2.19. The van der Waals surface area contributed by atoms with Gasteiger partial charge in [0.05, 0.1) is 10.0 Å². The van der Waals surface area contributed by atoms with Gasteiger partial charge in [-0.25, -0.2) is 0 Å². The van der Waals surface area contributed by atoms with Gasteiger partial charge in [0.15, 0.2) is 0 Å². The van der Waals surface area contributed by atoms with Crippen LogP contribution in [0.2, 0.25) is 15.1 Å². The Balaban J connectivity index is 2.06. The third kappa shape index (κ3) is 4.29. The van der Waals surface area contributed by atoms with Crippen molar-refractivity contribution in [3.05, 3.63) is 32.1 Å². The van der Waals surface area contributed by atoms with Crippen molar-refractivity contribution in [1.82, 2.24) is 10.6 Å². The van der Waals surface area contributed by atoms with Gasteiger partial charge in [-0.2, -0.15) is 0 Å². The molecule has 23 heavy (non-hydrogen) atoms. The molecule has 2 rings (SSSR count). The normalized spacial score (nSPS) is 11.0. The van der Waals surface area contributed by atoms with E-state index in [4.69, 9.17) is 34.8 Å². The molecule has 0 radical (unpaired) electrons. The highest BCUT2D eigenvalue weighted by molar-refractivity contribution is 7.21. The van der Waals surface area contributed by atoms with Crippen LogP contribution in [-0.4, -0.2) is 24.9 Å². The molecule has 0 fully saturated rings. The van der Waals surface area contributed by atoms with E-state index < -0.39 is 0 Å². The summed E-state index contributed by atoms with van der Waals surface area (Å²) < 4.78 is 0.755. The van der Waals surface area contributed by atoms with E-state index in [-0.39, 0.29) is 17.7 Å². The monoisotopic (exact) mass is 392 g/mol. The summed E-state index contributed by atoms with van der Waals surface area (Å²) in [6.45, 7) is 4.29. The smallest absolute Gasteiger partial charge is 0.262 e. The molecule has 2 aromatic rings. The van der Waals surface area contributed by atoms with Crippen LogP contribution >= 0.6 is 46.1 Å². The molecule has 0 aliphatic heterocycles. The summed E-state index contributed by atoms with van der Waals surface area (Å²) in [5, 5.41) is 7.29. The Morgan fingerprint density at radius 1 is 1.13 bits per heavy atom. The van der Waals surface area contributed by atoms with Gasteiger partial charge in [0.1, 0.15) is 4.88 Å². The van der Waals surface area contributed by atoms with Crippen LogP contribution in [0.25, 0.3) is 10.1 Å². The molecule has 1 heterocycles. The molecule has 0 aliphatic rings. The number of hydrogen-bond donors (Lipinski definition) is 2. The van der Waals surface area contributed by atoms with Gasteiger partial charge in [0.2, 0.25) is 5.91 Å². The van der Waals surface area contributed by atoms with Gasteiger partial charge in [0, 0.05) is 34.1 Å². The molecule has 0 aliphatic carbocycles. The lowest BCUT2D eigenvalue weighted by Gasteiger charge is -2.08. The minimum atomic E-state index is -0.304. The molecule has 1 aromatic carbocycles. The van der Waals surface area contributed by atoms with E-state index in [1.165, 1.54) is 11.3 Å². The standard InChI is InChI=1S/C15H15Cl3N2O2S/c1-7(2)14(21)19-3-4-20-15(22)13-12(18)11-9(17)5-8(16)6-10(11)23-13/h5-7H,3-4H2,1-2H3,(H,19,21)(H,20,22). The second-order valence-corrected chi connectivity index (χ2v) is 7.48. The number of nitrogens with one attached hydrogen (secondary N) is 2. The number of thiophene rings is 1. The Morgan fingerprint density at radius 2 is 1.78 bits per heavy atom. The fourth-order valence-corrected chi connectivity index (χ4v) is 4.20. The third-order valence-corrected chi connectivity index (χ3v) is 5.23. The van der Waals surface area contributed by atoms with Crippen LogP contribution in [0.1, 0.15) is 23.5 Å². The summed E-state index contributed by atoms with van der Waals surface area (Å²) in [5.41, 5.74) is 0. The fraction of sp³-hybridized carbons (Fsp3) is 0.333. The van der Waals surface area contributed by atoms with Crippen LogP contribution in [0.5, 0.6) is 0 Å². The van der Waals surface area contributed by atoms with Crippen molar-refractivity contribution >= 4 is 68.0 Å². The maximum absolute atomic E-state index is 12.2. The largest absolute Gasteiger partial charge is 0.354 e. The summed E-state index contributed by atoms with van der Waals surface area (Å²) in [4.78, 5) is 24.0. The summed E-state index contributed by atoms with van der Waals surface area (Å²) in [5.74, 6) is -0.447. The Hall–Kier alpha value is -1.01. The number of rotatable bonds is 5. The van der Waals surface area contributed by atoms with Gasteiger partial charge in [-0.3, -0.25) is 9.59 Å². The molecule has 8 heteroatoms. The summed E-state index contributed by atoms with van der Waals surface area (Å²) >= 11 is 19.6. The number of carbonyl (C=O) groups is 2. The number of benzene rings is 1. The van der Waals surface area contributed by atoms with Crippen molar-refractivity contribution < 1.29 is 9.59 Å². The van der Waals surface area contributed by atoms with Crippen LogP contribution in [0, 0.1) is 5.92 Å². The molecule has 2 N–H and O–H groups in total. The maximum Gasteiger partial charge on any atom is 0.262 e. The lowest BCUT2D eigenvalue weighted by molar-refractivity contribution is -0.123. The lowest BCUT2D eigenvalue weighted by Crippen LogP contribution is -2.36. The molecule has 0 saturated heterocycles. The zero-order valence-electron chi connectivity index (χ0n) is 12.5. The molecule has 124 valence electrons. The summed E-state index contributed by atoms with van der Waals surface area (Å²) in [6.07, 6.45) is 0. The van der Waals surface area contributed by atoms with Gasteiger partial charge in [-0.05, 0) is 12.1 Å². The number of carbonyl (C=O) groups excluding carboxylic acids is 2. The molecule has 0 unspecified atom stereocenters. The summed E-state index contributed by atoms with van der Waals surface area (Å²) in [7, 11) is 0. The van der Waals surface area contributed by atoms with Crippen LogP contribution in [0.4, 0.5) is 0 Å². The van der Waals surface area contributed by atoms with Crippen molar-refractivity contribution in [2.24, 2.45) is 5.92 Å². The SMILES string of the molecule is CC(C)C(=O)NCCNC(=O)c1sc2cc(Cl)cc(Cl)c2c1Cl. The lowest BCUT2D eigenvalue weighted by atomic mass is 10.2. The number of hydrogen-bond acceptors (Lipinski definition) is 3. The van der Waals surface area contributed by atoms with Crippen LogP contribution in [0.15, 0.2) is 12.1 Å². The van der Waals surface area contributed by atoms with E-state index in [1.54, 1.807) is 26.0 Å². The molecule has 2 amide bonds. The van der Waals surface area contributed by atoms with Gasteiger partial charge in [-0.1, -0.05) is 48.7 Å². The Bertz CT molecular complexity index is 759. The topological polar surface area (TPSA) is 58.2 Å². The Morgan fingerprint density at radius 3 is 2.43 bits per heavy atom. The quantitative estimate of drug-likeness (QED) is 0.741. The Labute approximate surface area is 153 Å². The van der Waals surface area contributed by atoms with Gasteiger partial charge in [0.25, 0.3) is 5.91 Å². The molecule has 0 saturated carbocycles. The molecule has 0 spiro atoms.